The van der Waals surface area contributed by atoms with E-state index in [0.29, 0.717) is 53.6 Å². The molecule has 2 aromatic carbocycles. The summed E-state index contributed by atoms with van der Waals surface area (Å²) in [5.41, 5.74) is 4.72. The van der Waals surface area contributed by atoms with Crippen LogP contribution in [0.15, 0.2) is 41.3 Å². The Morgan fingerprint density at radius 1 is 1.14 bits per heavy atom. The number of rotatable bonds is 9. The molecule has 6 rings (SSSR count). The molecular weight excluding hydrogens is 623 g/mol. The average Bonchev–Trinajstić information content (AvgIpc) is 3.58. The number of likely N-dealkylation sites (tertiary alicyclic amines) is 1. The second-order valence-corrected chi connectivity index (χ2v) is 14.7. The zero-order valence-corrected chi connectivity index (χ0v) is 26.7. The zero-order valence-electron chi connectivity index (χ0n) is 24.4. The number of aliphatic hydroxyl groups excluding tert-OH is 1. The Morgan fingerprint density at radius 2 is 1.86 bits per heavy atom. The molecule has 1 aliphatic carbocycles. The van der Waals surface area contributed by atoms with Crippen molar-refractivity contribution in [2.45, 2.75) is 68.4 Å². The van der Waals surface area contributed by atoms with Gasteiger partial charge in [0.05, 0.1) is 28.7 Å². The van der Waals surface area contributed by atoms with Crippen LogP contribution in [0, 0.1) is 13.8 Å². The van der Waals surface area contributed by atoms with Gasteiger partial charge in [0.15, 0.2) is 9.84 Å². The second-order valence-electron chi connectivity index (χ2n) is 11.9. The number of fused-ring (bicyclic) bond motifs is 1. The van der Waals surface area contributed by atoms with Gasteiger partial charge in [0, 0.05) is 63.4 Å². The van der Waals surface area contributed by atoms with Crippen LogP contribution in [-0.2, 0) is 31.6 Å². The van der Waals surface area contributed by atoms with Crippen LogP contribution in [-0.4, -0.2) is 66.5 Å². The van der Waals surface area contributed by atoms with Gasteiger partial charge in [-0.15, -0.1) is 0 Å². The summed E-state index contributed by atoms with van der Waals surface area (Å²) in [6.45, 7) is 4.77. The summed E-state index contributed by atoms with van der Waals surface area (Å²) in [5, 5.41) is 17.1. The van der Waals surface area contributed by atoms with E-state index in [9.17, 15) is 23.1 Å². The predicted molar refractivity (Wildman–Crippen MR) is 171 cm³/mol. The molecule has 0 bridgehead atoms. The molecule has 3 aromatic rings. The van der Waals surface area contributed by atoms with Crippen molar-refractivity contribution < 1.29 is 23.1 Å². The molecule has 1 saturated heterocycles. The largest absolute Gasteiger partial charge is 0.391 e. The molecule has 4 N–H and O–H groups in total. The molecule has 12 heteroatoms. The second kappa shape index (κ2) is 12.0. The van der Waals surface area contributed by atoms with E-state index in [2.05, 4.69) is 15.6 Å². The highest BCUT2D eigenvalue weighted by molar-refractivity contribution is 7.90. The first-order valence-electron chi connectivity index (χ1n) is 14.6. The molecule has 0 unspecified atom stereocenters. The van der Waals surface area contributed by atoms with E-state index >= 15 is 0 Å². The van der Waals surface area contributed by atoms with E-state index < -0.39 is 15.9 Å². The van der Waals surface area contributed by atoms with Gasteiger partial charge in [-0.3, -0.25) is 9.59 Å². The zero-order chi connectivity index (χ0) is 31.3. The Kier molecular flexibility index (Phi) is 8.40. The highest BCUT2D eigenvalue weighted by Gasteiger charge is 2.36. The van der Waals surface area contributed by atoms with Crippen molar-refractivity contribution in [2.24, 2.45) is 0 Å². The first-order chi connectivity index (χ1) is 20.9. The van der Waals surface area contributed by atoms with Gasteiger partial charge in [-0.25, -0.2) is 8.42 Å². The number of aromatic amines is 1. The molecule has 0 spiro atoms. The molecule has 1 aromatic heterocycles. The fourth-order valence-corrected chi connectivity index (χ4v) is 8.17. The number of anilines is 1. The van der Waals surface area contributed by atoms with Gasteiger partial charge in [-0.1, -0.05) is 29.3 Å². The summed E-state index contributed by atoms with van der Waals surface area (Å²) in [5.74, 6) is -0.793. The van der Waals surface area contributed by atoms with Crippen molar-refractivity contribution in [3.8, 4) is 0 Å². The topological polar surface area (TPSA) is 132 Å². The number of sulfone groups is 1. The Hall–Kier alpha value is -3.15. The number of carbonyl (C=O) groups excluding carboxylic acids is 2. The summed E-state index contributed by atoms with van der Waals surface area (Å²) in [6, 6.07) is 9.82. The first-order valence-corrected chi connectivity index (χ1v) is 17.0. The first kappa shape index (κ1) is 30.9. The fraction of sp³-hybridized carbons (Fsp3) is 0.375. The molecule has 44 heavy (non-hydrogen) atoms. The van der Waals surface area contributed by atoms with Gasteiger partial charge >= 0.3 is 0 Å². The average molecular weight is 658 g/mol. The van der Waals surface area contributed by atoms with Crippen LogP contribution >= 0.6 is 23.2 Å². The van der Waals surface area contributed by atoms with Gasteiger partial charge in [-0.05, 0) is 80.6 Å². The summed E-state index contributed by atoms with van der Waals surface area (Å²) < 4.78 is 26.8. The van der Waals surface area contributed by atoms with E-state index in [0.717, 1.165) is 29.7 Å². The van der Waals surface area contributed by atoms with Gasteiger partial charge in [0.2, 0.25) is 5.91 Å². The normalized spacial score (nSPS) is 20.8. The van der Waals surface area contributed by atoms with Gasteiger partial charge in [-0.2, -0.15) is 0 Å². The number of aromatic nitrogens is 1. The number of carbonyl (C=O) groups is 2. The molecule has 2 aliphatic heterocycles. The van der Waals surface area contributed by atoms with Crippen LogP contribution in [0.4, 0.5) is 5.69 Å². The third-order valence-corrected chi connectivity index (χ3v) is 11.1. The highest BCUT2D eigenvalue weighted by Crippen LogP contribution is 2.37. The Morgan fingerprint density at radius 3 is 2.57 bits per heavy atom. The van der Waals surface area contributed by atoms with Crippen LogP contribution < -0.4 is 10.6 Å². The number of β-amino-alcohol motifs (C(OH)–C–C–N with tert-alkyl or cyclic N) is 1. The minimum Gasteiger partial charge on any atom is -0.391 e. The number of nitrogens with zero attached hydrogens (tertiary/aromatic N) is 1. The lowest BCUT2D eigenvalue weighted by Crippen LogP contribution is -2.43. The number of H-pyrrole nitrogens is 1. The molecule has 9 nitrogen and oxygen atoms in total. The minimum absolute atomic E-state index is 0.0406. The van der Waals surface area contributed by atoms with Crippen LogP contribution in [0.2, 0.25) is 10.0 Å². The molecule has 2 amide bonds. The monoisotopic (exact) mass is 656 g/mol. The maximum absolute atomic E-state index is 13.4. The third-order valence-electron chi connectivity index (χ3n) is 8.71. The van der Waals surface area contributed by atoms with Gasteiger partial charge in [0.1, 0.15) is 0 Å². The molecule has 2 atom stereocenters. The van der Waals surface area contributed by atoms with Crippen molar-refractivity contribution in [1.82, 2.24) is 15.2 Å². The molecule has 0 radical (unpaired) electrons. The van der Waals surface area contributed by atoms with E-state index in [4.69, 9.17) is 23.2 Å². The lowest BCUT2D eigenvalue weighted by molar-refractivity contribution is -0.131. The van der Waals surface area contributed by atoms with Crippen LogP contribution in [0.25, 0.3) is 11.6 Å². The number of halogens is 2. The SMILES string of the molecule is Cc1[nH]c(C=C2C(=O)Nc3ccc(S(=O)(=O)Cc4c(Cl)cccc4Cl)cc32)c(C)c1CC(=O)N1C[C@H](O)C[C@H]1CNC1CC1. The Labute approximate surface area is 266 Å². The van der Waals surface area contributed by atoms with Crippen molar-refractivity contribution in [1.29, 1.82) is 0 Å². The number of aryl methyl sites for hydroxylation is 1. The molecule has 3 aliphatic rings. The molecule has 3 heterocycles. The van der Waals surface area contributed by atoms with E-state index in [1.54, 1.807) is 35.2 Å². The summed E-state index contributed by atoms with van der Waals surface area (Å²) >= 11 is 12.5. The molecular formula is C32H34Cl2N4O5S. The van der Waals surface area contributed by atoms with Crippen molar-refractivity contribution >= 4 is 62.2 Å². The summed E-state index contributed by atoms with van der Waals surface area (Å²) in [4.78, 5) is 31.6. The van der Waals surface area contributed by atoms with Gasteiger partial charge < -0.3 is 25.6 Å². The smallest absolute Gasteiger partial charge is 0.256 e. The highest BCUT2D eigenvalue weighted by atomic mass is 35.5. The lowest BCUT2D eigenvalue weighted by atomic mass is 10.0. The summed E-state index contributed by atoms with van der Waals surface area (Å²) in [6.07, 6.45) is 4.20. The van der Waals surface area contributed by atoms with Crippen molar-refractivity contribution in [2.75, 3.05) is 18.4 Å². The molecule has 232 valence electrons. The molecule has 2 fully saturated rings. The Balaban J connectivity index is 1.25. The van der Waals surface area contributed by atoms with Crippen molar-refractivity contribution in [3.63, 3.8) is 0 Å². The third kappa shape index (κ3) is 6.19. The quantitative estimate of drug-likeness (QED) is 0.248. The number of nitrogens with one attached hydrogen (secondary N) is 3. The number of amides is 2. The van der Waals surface area contributed by atoms with Crippen LogP contribution in [0.3, 0.4) is 0 Å². The van der Waals surface area contributed by atoms with E-state index in [-0.39, 0.29) is 45.0 Å². The molecule has 1 saturated carbocycles. The van der Waals surface area contributed by atoms with E-state index in [1.807, 2.05) is 13.8 Å². The minimum atomic E-state index is -3.85. The van der Waals surface area contributed by atoms with Crippen molar-refractivity contribution in [3.05, 3.63) is 80.1 Å². The summed E-state index contributed by atoms with van der Waals surface area (Å²) in [7, 11) is -3.85. The fourth-order valence-electron chi connectivity index (χ4n) is 6.05. The maximum atomic E-state index is 13.4. The van der Waals surface area contributed by atoms with Gasteiger partial charge in [0.25, 0.3) is 5.91 Å². The van der Waals surface area contributed by atoms with E-state index in [1.165, 1.54) is 12.1 Å². The standard InChI is InChI=1S/C32H34Cl2N4O5S/c1-17-23(13-31(40)38-15-21(39)10-20(38)14-35-19-6-7-19)18(2)36-30(17)12-25-24-11-22(8-9-29(24)37-32(25)41)44(42,43)16-26-27(33)4-3-5-28(26)34/h3-5,8-9,11-12,19-21,35-36,39H,6-7,10,13-16H2,1-2H3,(H,37,41)/t20-,21+/m0/s1. The number of benzene rings is 2. The maximum Gasteiger partial charge on any atom is 0.256 e. The lowest BCUT2D eigenvalue weighted by Gasteiger charge is -2.25. The predicted octanol–water partition coefficient (Wildman–Crippen LogP) is 4.66. The number of hydrogen-bond acceptors (Lipinski definition) is 6. The number of hydrogen-bond donors (Lipinski definition) is 4. The number of aliphatic hydroxyl groups is 1. The van der Waals surface area contributed by atoms with Crippen LogP contribution in [0.5, 0.6) is 0 Å². The van der Waals surface area contributed by atoms with Crippen LogP contribution in [0.1, 0.15) is 52.9 Å². The Bertz CT molecular complexity index is 1780.